The first kappa shape index (κ1) is 21.8. The highest BCUT2D eigenvalue weighted by atomic mass is 16.6. The Morgan fingerprint density at radius 2 is 1.77 bits per heavy atom. The Labute approximate surface area is 175 Å². The first-order chi connectivity index (χ1) is 14.5. The van der Waals surface area contributed by atoms with E-state index >= 15 is 0 Å². The van der Waals surface area contributed by atoms with Crippen LogP contribution in [0.1, 0.15) is 32.3 Å². The molecule has 8 nitrogen and oxygen atoms in total. The zero-order valence-electron chi connectivity index (χ0n) is 17.2. The molecule has 2 aliphatic rings. The van der Waals surface area contributed by atoms with Gasteiger partial charge in [0.05, 0.1) is 19.1 Å². The molecule has 30 heavy (non-hydrogen) atoms. The van der Waals surface area contributed by atoms with Crippen LogP contribution >= 0.6 is 0 Å². The normalized spacial score (nSPS) is 29.1. The number of aldehydes is 1. The molecule has 0 aromatic heterocycles. The quantitative estimate of drug-likeness (QED) is 0.393. The zero-order chi connectivity index (χ0) is 21.7. The number of esters is 2. The van der Waals surface area contributed by atoms with Crippen LogP contribution in [0.3, 0.4) is 0 Å². The molecular formula is C22H27NO7. The van der Waals surface area contributed by atoms with Crippen LogP contribution in [0.5, 0.6) is 0 Å². The predicted octanol–water partition coefficient (Wildman–Crippen LogP) is 2.25. The number of carbonyl (C=O) groups excluding carboxylic acids is 4. The fraction of sp³-hybridized carbons (Fsp3) is 0.545. The summed E-state index contributed by atoms with van der Waals surface area (Å²) in [6.45, 7) is 3.53. The van der Waals surface area contributed by atoms with Gasteiger partial charge in [0.1, 0.15) is 12.9 Å². The molecule has 0 aliphatic heterocycles. The van der Waals surface area contributed by atoms with Crippen LogP contribution in [0.4, 0.5) is 4.79 Å². The van der Waals surface area contributed by atoms with Gasteiger partial charge in [0.2, 0.25) is 0 Å². The molecule has 2 aliphatic carbocycles. The molecule has 2 bridgehead atoms. The van der Waals surface area contributed by atoms with Crippen molar-refractivity contribution in [3.8, 4) is 0 Å². The summed E-state index contributed by atoms with van der Waals surface area (Å²) in [6, 6.07) is 9.08. The molecule has 2 fully saturated rings. The molecular weight excluding hydrogens is 390 g/mol. The van der Waals surface area contributed by atoms with Gasteiger partial charge in [-0.15, -0.1) is 0 Å². The number of benzene rings is 1. The van der Waals surface area contributed by atoms with E-state index in [9.17, 15) is 19.2 Å². The molecule has 0 unspecified atom stereocenters. The summed E-state index contributed by atoms with van der Waals surface area (Å²) < 4.78 is 15.8. The monoisotopic (exact) mass is 417 g/mol. The van der Waals surface area contributed by atoms with Crippen LogP contribution in [0, 0.1) is 23.7 Å². The van der Waals surface area contributed by atoms with Crippen molar-refractivity contribution in [1.82, 2.24) is 5.32 Å². The van der Waals surface area contributed by atoms with Gasteiger partial charge in [-0.25, -0.2) is 9.59 Å². The van der Waals surface area contributed by atoms with E-state index in [2.05, 4.69) is 5.32 Å². The van der Waals surface area contributed by atoms with Crippen LogP contribution in [-0.4, -0.2) is 43.1 Å². The summed E-state index contributed by atoms with van der Waals surface area (Å²) in [7, 11) is 0. The van der Waals surface area contributed by atoms with Crippen molar-refractivity contribution >= 4 is 24.3 Å². The molecule has 0 radical (unpaired) electrons. The van der Waals surface area contributed by atoms with E-state index in [4.69, 9.17) is 14.2 Å². The number of hydrogen-bond donors (Lipinski definition) is 1. The Hall–Kier alpha value is -2.90. The number of fused-ring (bicyclic) bond motifs is 2. The van der Waals surface area contributed by atoms with Crippen molar-refractivity contribution in [3.05, 3.63) is 35.9 Å². The van der Waals surface area contributed by atoms with Gasteiger partial charge in [-0.2, -0.15) is 0 Å². The fourth-order valence-electron chi connectivity index (χ4n) is 4.95. The van der Waals surface area contributed by atoms with Crippen molar-refractivity contribution in [2.24, 2.45) is 23.7 Å². The van der Waals surface area contributed by atoms with Gasteiger partial charge in [-0.1, -0.05) is 30.3 Å². The lowest BCUT2D eigenvalue weighted by Crippen LogP contribution is -2.66. The standard InChI is InChI=1S/C22H27NO7/c1-3-28-19(25)18-15-10-16(12-24)17(11-15)22(18,20(26)29-4-2)23-21(27)30-13-14-8-6-5-7-9-14/h5-9,12,15-18H,3-4,10-11,13H2,1-2H3,(H,23,27)/t15-,16+,17-,18+,22-/m1/s1. The van der Waals surface area contributed by atoms with Gasteiger partial charge < -0.3 is 24.3 Å². The second kappa shape index (κ2) is 9.28. The number of rotatable bonds is 8. The third kappa shape index (κ3) is 3.91. The molecule has 1 aromatic carbocycles. The van der Waals surface area contributed by atoms with Crippen LogP contribution < -0.4 is 5.32 Å². The summed E-state index contributed by atoms with van der Waals surface area (Å²) in [5.74, 6) is -3.52. The molecule has 1 aromatic rings. The van der Waals surface area contributed by atoms with E-state index in [-0.39, 0.29) is 25.7 Å². The maximum Gasteiger partial charge on any atom is 0.408 e. The molecule has 1 N–H and O–H groups in total. The van der Waals surface area contributed by atoms with Crippen molar-refractivity contribution in [1.29, 1.82) is 0 Å². The summed E-state index contributed by atoms with van der Waals surface area (Å²) in [5, 5.41) is 2.64. The fourth-order valence-corrected chi connectivity index (χ4v) is 4.95. The van der Waals surface area contributed by atoms with Crippen molar-refractivity contribution in [3.63, 3.8) is 0 Å². The largest absolute Gasteiger partial charge is 0.466 e. The molecule has 1 amide bonds. The summed E-state index contributed by atoms with van der Waals surface area (Å²) in [5.41, 5.74) is -0.914. The van der Waals surface area contributed by atoms with Gasteiger partial charge in [0.25, 0.3) is 0 Å². The molecule has 162 valence electrons. The lowest BCUT2D eigenvalue weighted by atomic mass is 9.68. The van der Waals surface area contributed by atoms with Crippen molar-refractivity contribution < 1.29 is 33.4 Å². The number of amides is 1. The Kier molecular flexibility index (Phi) is 6.74. The summed E-state index contributed by atoms with van der Waals surface area (Å²) >= 11 is 0. The third-order valence-electron chi connectivity index (χ3n) is 6.05. The van der Waals surface area contributed by atoms with Gasteiger partial charge >= 0.3 is 18.0 Å². The van der Waals surface area contributed by atoms with E-state index in [1.54, 1.807) is 26.0 Å². The molecule has 3 rings (SSSR count). The molecule has 0 saturated heterocycles. The molecule has 0 heterocycles. The van der Waals surface area contributed by atoms with Crippen LogP contribution in [0.25, 0.3) is 0 Å². The molecule has 5 atom stereocenters. The van der Waals surface area contributed by atoms with E-state index in [0.29, 0.717) is 12.8 Å². The lowest BCUT2D eigenvalue weighted by Gasteiger charge is -2.42. The second-order valence-corrected chi connectivity index (χ2v) is 7.64. The maximum absolute atomic E-state index is 13.1. The van der Waals surface area contributed by atoms with E-state index < -0.39 is 41.3 Å². The molecule has 2 saturated carbocycles. The topological polar surface area (TPSA) is 108 Å². The predicted molar refractivity (Wildman–Crippen MR) is 105 cm³/mol. The highest BCUT2D eigenvalue weighted by molar-refractivity contribution is 5.94. The maximum atomic E-state index is 13.1. The Morgan fingerprint density at radius 3 is 2.40 bits per heavy atom. The highest BCUT2D eigenvalue weighted by Crippen LogP contribution is 2.57. The summed E-state index contributed by atoms with van der Waals surface area (Å²) in [4.78, 5) is 50.3. The smallest absolute Gasteiger partial charge is 0.408 e. The SMILES string of the molecule is CCOC(=O)[C@@H]1[C@@H]2C[C@@H](C=O)[C@@H](C2)[C@]1(NC(=O)OCc1ccccc1)C(=O)OCC. The van der Waals surface area contributed by atoms with Crippen molar-refractivity contribution in [2.75, 3.05) is 13.2 Å². The second-order valence-electron chi connectivity index (χ2n) is 7.64. The average molecular weight is 417 g/mol. The van der Waals surface area contributed by atoms with Crippen molar-refractivity contribution in [2.45, 2.75) is 38.8 Å². The first-order valence-electron chi connectivity index (χ1n) is 10.3. The average Bonchev–Trinajstić information content (AvgIpc) is 3.30. The Balaban J connectivity index is 1.89. The number of carbonyl (C=O) groups is 4. The zero-order valence-corrected chi connectivity index (χ0v) is 17.2. The third-order valence-corrected chi connectivity index (χ3v) is 6.05. The Morgan fingerprint density at radius 1 is 1.07 bits per heavy atom. The van der Waals surface area contributed by atoms with E-state index in [0.717, 1.165) is 11.8 Å². The number of hydrogen-bond acceptors (Lipinski definition) is 7. The number of ether oxygens (including phenoxy) is 3. The van der Waals surface area contributed by atoms with Crippen LogP contribution in [0.15, 0.2) is 30.3 Å². The minimum atomic E-state index is -1.69. The Bertz CT molecular complexity index is 796. The van der Waals surface area contributed by atoms with Crippen LogP contribution in [0.2, 0.25) is 0 Å². The van der Waals surface area contributed by atoms with Gasteiger partial charge in [-0.3, -0.25) is 4.79 Å². The van der Waals surface area contributed by atoms with E-state index in [1.807, 2.05) is 18.2 Å². The van der Waals surface area contributed by atoms with E-state index in [1.165, 1.54) is 0 Å². The molecule has 8 heteroatoms. The lowest BCUT2D eigenvalue weighted by molar-refractivity contribution is -0.168. The van der Waals surface area contributed by atoms with Gasteiger partial charge in [0, 0.05) is 11.8 Å². The van der Waals surface area contributed by atoms with Crippen LogP contribution in [-0.2, 0) is 35.2 Å². The minimum absolute atomic E-state index is 0.000849. The highest BCUT2D eigenvalue weighted by Gasteiger charge is 2.70. The van der Waals surface area contributed by atoms with Gasteiger partial charge in [0.15, 0.2) is 5.54 Å². The minimum Gasteiger partial charge on any atom is -0.466 e. The number of nitrogens with one attached hydrogen (secondary N) is 1. The van der Waals surface area contributed by atoms with Gasteiger partial charge in [-0.05, 0) is 38.2 Å². The molecule has 0 spiro atoms. The summed E-state index contributed by atoms with van der Waals surface area (Å²) in [6.07, 6.45) is 0.861. The first-order valence-corrected chi connectivity index (χ1v) is 10.3. The number of alkyl carbamates (subject to hydrolysis) is 1.